The highest BCUT2D eigenvalue weighted by Gasteiger charge is 2.09. The van der Waals surface area contributed by atoms with Crippen LogP contribution < -0.4 is 5.43 Å². The summed E-state index contributed by atoms with van der Waals surface area (Å²) in [5.41, 5.74) is 4.57. The maximum absolute atomic E-state index is 10.5. The van der Waals surface area contributed by atoms with Gasteiger partial charge in [0.2, 0.25) is 0 Å². The minimum atomic E-state index is -0.425. The van der Waals surface area contributed by atoms with Gasteiger partial charge in [0.1, 0.15) is 6.33 Å². The number of fused-ring (bicyclic) bond motifs is 1. The standard InChI is InChI=1S/C9H10N4O2/c1-2-11-12-6-10-8-5-7(13(14)15)3-4-9(8)12/h3-6,11H,2H2,1H3. The van der Waals surface area contributed by atoms with Crippen molar-refractivity contribution in [2.45, 2.75) is 6.92 Å². The van der Waals surface area contributed by atoms with Gasteiger partial charge in [0.25, 0.3) is 5.69 Å². The van der Waals surface area contributed by atoms with Crippen molar-refractivity contribution in [3.05, 3.63) is 34.6 Å². The molecule has 0 saturated carbocycles. The molecule has 1 heterocycles. The molecular formula is C9H10N4O2. The molecule has 2 aromatic rings. The quantitative estimate of drug-likeness (QED) is 0.610. The molecule has 1 N–H and O–H groups in total. The lowest BCUT2D eigenvalue weighted by Crippen LogP contribution is -2.11. The van der Waals surface area contributed by atoms with Gasteiger partial charge < -0.3 is 5.43 Å². The van der Waals surface area contributed by atoms with Gasteiger partial charge in [-0.2, -0.15) is 0 Å². The van der Waals surface area contributed by atoms with E-state index in [4.69, 9.17) is 0 Å². The van der Waals surface area contributed by atoms with Gasteiger partial charge in [0, 0.05) is 18.7 Å². The fraction of sp³-hybridized carbons (Fsp3) is 0.222. The molecule has 0 aliphatic carbocycles. The summed E-state index contributed by atoms with van der Waals surface area (Å²) in [5.74, 6) is 0. The van der Waals surface area contributed by atoms with Crippen LogP contribution in [-0.4, -0.2) is 21.1 Å². The molecule has 2 rings (SSSR count). The first-order valence-electron chi connectivity index (χ1n) is 4.57. The Morgan fingerprint density at radius 3 is 3.07 bits per heavy atom. The van der Waals surface area contributed by atoms with Gasteiger partial charge in [0.05, 0.1) is 16.0 Å². The second kappa shape index (κ2) is 3.56. The van der Waals surface area contributed by atoms with E-state index in [9.17, 15) is 10.1 Å². The molecule has 6 nitrogen and oxygen atoms in total. The molecule has 0 unspecified atom stereocenters. The van der Waals surface area contributed by atoms with Crippen LogP contribution in [0.4, 0.5) is 5.69 Å². The van der Waals surface area contributed by atoms with Gasteiger partial charge >= 0.3 is 0 Å². The minimum absolute atomic E-state index is 0.0595. The zero-order valence-electron chi connectivity index (χ0n) is 8.17. The van der Waals surface area contributed by atoms with Gasteiger partial charge in [-0.3, -0.25) is 10.1 Å². The minimum Gasteiger partial charge on any atom is -0.325 e. The molecule has 0 spiro atoms. The predicted octanol–water partition coefficient (Wildman–Crippen LogP) is 1.51. The summed E-state index contributed by atoms with van der Waals surface area (Å²) in [4.78, 5) is 14.2. The molecule has 15 heavy (non-hydrogen) atoms. The second-order valence-electron chi connectivity index (χ2n) is 3.06. The molecule has 78 valence electrons. The first kappa shape index (κ1) is 9.45. The predicted molar refractivity (Wildman–Crippen MR) is 56.3 cm³/mol. The molecule has 0 saturated heterocycles. The van der Waals surface area contributed by atoms with Crippen molar-refractivity contribution >= 4 is 16.7 Å². The largest absolute Gasteiger partial charge is 0.325 e. The number of nitrogens with zero attached hydrogens (tertiary/aromatic N) is 3. The van der Waals surface area contributed by atoms with E-state index >= 15 is 0 Å². The van der Waals surface area contributed by atoms with Gasteiger partial charge in [-0.05, 0) is 13.0 Å². The van der Waals surface area contributed by atoms with E-state index in [0.717, 1.165) is 12.1 Å². The molecule has 0 fully saturated rings. The number of non-ortho nitro benzene ring substituents is 1. The highest BCUT2D eigenvalue weighted by atomic mass is 16.6. The molecule has 1 aromatic heterocycles. The summed E-state index contributed by atoms with van der Waals surface area (Å²) in [5, 5.41) is 10.5. The normalized spacial score (nSPS) is 10.5. The second-order valence-corrected chi connectivity index (χ2v) is 3.06. The third-order valence-electron chi connectivity index (χ3n) is 2.07. The summed E-state index contributed by atoms with van der Waals surface area (Å²) < 4.78 is 1.75. The number of aromatic nitrogens is 2. The van der Waals surface area contributed by atoms with Gasteiger partial charge in [-0.15, -0.1) is 0 Å². The number of benzene rings is 1. The van der Waals surface area contributed by atoms with E-state index in [-0.39, 0.29) is 5.69 Å². The van der Waals surface area contributed by atoms with Crippen LogP contribution in [0.15, 0.2) is 24.5 Å². The highest BCUT2D eigenvalue weighted by Crippen LogP contribution is 2.18. The molecule has 6 heteroatoms. The molecule has 0 bridgehead atoms. The van der Waals surface area contributed by atoms with Gasteiger partial charge in [-0.1, -0.05) is 0 Å². The number of rotatable bonds is 3. The van der Waals surface area contributed by atoms with Crippen LogP contribution in [0, 0.1) is 10.1 Å². The lowest BCUT2D eigenvalue weighted by Gasteiger charge is -2.03. The van der Waals surface area contributed by atoms with E-state index in [1.807, 2.05) is 6.92 Å². The summed E-state index contributed by atoms with van der Waals surface area (Å²) in [6.45, 7) is 2.74. The Balaban J connectivity index is 2.51. The Hall–Kier alpha value is -2.11. The molecular weight excluding hydrogens is 196 g/mol. The molecule has 0 aliphatic heterocycles. The topological polar surface area (TPSA) is 73.0 Å². The van der Waals surface area contributed by atoms with Crippen LogP contribution >= 0.6 is 0 Å². The van der Waals surface area contributed by atoms with Crippen LogP contribution in [0.25, 0.3) is 11.0 Å². The van der Waals surface area contributed by atoms with Crippen LogP contribution in [0.5, 0.6) is 0 Å². The highest BCUT2D eigenvalue weighted by molar-refractivity contribution is 5.78. The maximum Gasteiger partial charge on any atom is 0.271 e. The molecule has 0 atom stereocenters. The van der Waals surface area contributed by atoms with Crippen molar-refractivity contribution in [1.82, 2.24) is 9.66 Å². The van der Waals surface area contributed by atoms with Crippen molar-refractivity contribution in [3.8, 4) is 0 Å². The Labute approximate surface area is 85.7 Å². The summed E-state index contributed by atoms with van der Waals surface area (Å²) in [6.07, 6.45) is 1.61. The average Bonchev–Trinajstić information content (AvgIpc) is 2.61. The van der Waals surface area contributed by atoms with Gasteiger partial charge in [0.15, 0.2) is 0 Å². The first-order chi connectivity index (χ1) is 7.22. The van der Waals surface area contributed by atoms with Crippen molar-refractivity contribution < 1.29 is 4.92 Å². The van der Waals surface area contributed by atoms with Crippen molar-refractivity contribution in [1.29, 1.82) is 0 Å². The average molecular weight is 206 g/mol. The van der Waals surface area contributed by atoms with Crippen LogP contribution in [0.2, 0.25) is 0 Å². The number of nitro benzene ring substituents is 1. The number of hydrogen-bond acceptors (Lipinski definition) is 4. The zero-order chi connectivity index (χ0) is 10.8. The maximum atomic E-state index is 10.5. The monoisotopic (exact) mass is 206 g/mol. The third-order valence-corrected chi connectivity index (χ3v) is 2.07. The van der Waals surface area contributed by atoms with Crippen LogP contribution in [-0.2, 0) is 0 Å². The van der Waals surface area contributed by atoms with Crippen LogP contribution in [0.1, 0.15) is 6.92 Å². The number of hydrogen-bond donors (Lipinski definition) is 1. The third kappa shape index (κ3) is 1.61. The molecule has 0 amide bonds. The van der Waals surface area contributed by atoms with Crippen molar-refractivity contribution in [2.75, 3.05) is 12.0 Å². The smallest absolute Gasteiger partial charge is 0.271 e. The lowest BCUT2D eigenvalue weighted by molar-refractivity contribution is -0.384. The summed E-state index contributed by atoms with van der Waals surface area (Å²) in [6, 6.07) is 4.62. The van der Waals surface area contributed by atoms with Crippen molar-refractivity contribution in [2.24, 2.45) is 0 Å². The molecule has 1 aromatic carbocycles. The van der Waals surface area contributed by atoms with E-state index < -0.39 is 4.92 Å². The van der Waals surface area contributed by atoms with Crippen LogP contribution in [0.3, 0.4) is 0 Å². The Morgan fingerprint density at radius 2 is 2.40 bits per heavy atom. The Kier molecular flexibility index (Phi) is 2.24. The Morgan fingerprint density at radius 1 is 1.60 bits per heavy atom. The fourth-order valence-corrected chi connectivity index (χ4v) is 1.41. The SMILES string of the molecule is CCNn1cnc2cc([N+](=O)[O-])ccc21. The Bertz CT molecular complexity index is 506. The molecule has 0 aliphatic rings. The van der Waals surface area contributed by atoms with E-state index in [0.29, 0.717) is 5.52 Å². The summed E-state index contributed by atoms with van der Waals surface area (Å²) >= 11 is 0. The fourth-order valence-electron chi connectivity index (χ4n) is 1.41. The first-order valence-corrected chi connectivity index (χ1v) is 4.57. The van der Waals surface area contributed by atoms with Gasteiger partial charge in [-0.25, -0.2) is 9.66 Å². The number of nitrogens with one attached hydrogen (secondary N) is 1. The molecule has 0 radical (unpaired) electrons. The van der Waals surface area contributed by atoms with E-state index in [2.05, 4.69) is 10.4 Å². The number of nitro groups is 1. The van der Waals surface area contributed by atoms with Crippen molar-refractivity contribution in [3.63, 3.8) is 0 Å². The summed E-state index contributed by atoms with van der Waals surface area (Å²) in [7, 11) is 0. The lowest BCUT2D eigenvalue weighted by atomic mass is 10.3. The van der Waals surface area contributed by atoms with E-state index in [1.54, 1.807) is 17.1 Å². The number of imidazole rings is 1. The van der Waals surface area contributed by atoms with E-state index in [1.165, 1.54) is 12.1 Å². The zero-order valence-corrected chi connectivity index (χ0v) is 8.17.